The number of nitrogens with zero attached hydrogens (tertiary/aromatic N) is 6. The molecule has 1 aliphatic carbocycles. The van der Waals surface area contributed by atoms with Gasteiger partial charge in [0.1, 0.15) is 6.07 Å². The SMILES string of the molecule is Cc1cc(C#N)cc(Nc2nc(NC3CC3)c3ncc(C#N)n3n2)c1Cl. The van der Waals surface area contributed by atoms with Crippen LogP contribution in [0.2, 0.25) is 5.02 Å². The van der Waals surface area contributed by atoms with Gasteiger partial charge in [-0.1, -0.05) is 11.6 Å². The Hall–Kier alpha value is -3.36. The second-order valence-electron chi connectivity index (χ2n) is 6.08. The second-order valence-corrected chi connectivity index (χ2v) is 6.46. The van der Waals surface area contributed by atoms with E-state index in [1.165, 1.54) is 10.7 Å². The highest BCUT2D eigenvalue weighted by atomic mass is 35.5. The molecule has 1 aromatic carbocycles. The van der Waals surface area contributed by atoms with Crippen molar-refractivity contribution in [3.05, 3.63) is 40.2 Å². The molecule has 9 heteroatoms. The van der Waals surface area contributed by atoms with Crippen LogP contribution >= 0.6 is 11.6 Å². The number of imidazole rings is 1. The predicted molar refractivity (Wildman–Crippen MR) is 96.3 cm³/mol. The molecular formula is C17H13ClN8. The molecule has 0 unspecified atom stereocenters. The molecule has 128 valence electrons. The molecule has 1 aliphatic rings. The Morgan fingerprint density at radius 2 is 2.08 bits per heavy atom. The molecule has 1 saturated carbocycles. The van der Waals surface area contributed by atoms with E-state index in [2.05, 4.69) is 37.8 Å². The lowest BCUT2D eigenvalue weighted by molar-refractivity contribution is 0.891. The standard InChI is InChI=1S/C17H13ClN8/c1-9-4-10(6-19)5-13(14(9)18)23-17-24-15(22-11-2-3-11)16-21-8-12(7-20)26(16)25-17/h4-5,8,11H,2-3H2,1H3,(H2,22,23,24,25). The van der Waals surface area contributed by atoms with Gasteiger partial charge in [-0.25, -0.2) is 4.98 Å². The van der Waals surface area contributed by atoms with E-state index in [1.54, 1.807) is 12.1 Å². The van der Waals surface area contributed by atoms with Crippen molar-refractivity contribution in [2.75, 3.05) is 10.6 Å². The first-order valence-electron chi connectivity index (χ1n) is 7.98. The fourth-order valence-electron chi connectivity index (χ4n) is 2.57. The molecule has 2 N–H and O–H groups in total. The minimum atomic E-state index is 0.256. The summed E-state index contributed by atoms with van der Waals surface area (Å²) in [6.07, 6.45) is 3.60. The number of benzene rings is 1. The fourth-order valence-corrected chi connectivity index (χ4v) is 2.73. The van der Waals surface area contributed by atoms with Crippen LogP contribution < -0.4 is 10.6 Å². The number of nitrogens with one attached hydrogen (secondary N) is 2. The van der Waals surface area contributed by atoms with E-state index < -0.39 is 0 Å². The number of hydrogen-bond acceptors (Lipinski definition) is 7. The van der Waals surface area contributed by atoms with Gasteiger partial charge in [-0.05, 0) is 37.5 Å². The Balaban J connectivity index is 1.80. The van der Waals surface area contributed by atoms with Gasteiger partial charge < -0.3 is 10.6 Å². The number of fused-ring (bicyclic) bond motifs is 1. The maximum Gasteiger partial charge on any atom is 0.247 e. The van der Waals surface area contributed by atoms with E-state index in [0.717, 1.165) is 18.4 Å². The first-order chi connectivity index (χ1) is 12.6. The van der Waals surface area contributed by atoms with E-state index in [-0.39, 0.29) is 5.95 Å². The van der Waals surface area contributed by atoms with Crippen LogP contribution in [0.3, 0.4) is 0 Å². The molecule has 0 aliphatic heterocycles. The minimum Gasteiger partial charge on any atom is -0.364 e. The quantitative estimate of drug-likeness (QED) is 0.730. The molecule has 0 amide bonds. The normalized spacial score (nSPS) is 13.2. The third kappa shape index (κ3) is 2.87. The predicted octanol–water partition coefficient (Wildman–Crippen LogP) is 3.15. The van der Waals surface area contributed by atoms with Crippen molar-refractivity contribution < 1.29 is 0 Å². The summed E-state index contributed by atoms with van der Waals surface area (Å²) in [6, 6.07) is 7.86. The summed E-state index contributed by atoms with van der Waals surface area (Å²) in [7, 11) is 0. The summed E-state index contributed by atoms with van der Waals surface area (Å²) >= 11 is 6.35. The van der Waals surface area contributed by atoms with Crippen LogP contribution in [0.25, 0.3) is 5.65 Å². The summed E-state index contributed by atoms with van der Waals surface area (Å²) in [5.74, 6) is 0.808. The monoisotopic (exact) mass is 364 g/mol. The average molecular weight is 365 g/mol. The van der Waals surface area contributed by atoms with Crippen LogP contribution in [-0.2, 0) is 0 Å². The highest BCUT2D eigenvalue weighted by Gasteiger charge is 2.24. The molecule has 0 saturated heterocycles. The van der Waals surface area contributed by atoms with Crippen molar-refractivity contribution >= 4 is 34.7 Å². The molecule has 26 heavy (non-hydrogen) atoms. The topological polar surface area (TPSA) is 115 Å². The number of halogens is 1. The third-order valence-electron chi connectivity index (χ3n) is 4.03. The number of anilines is 3. The Morgan fingerprint density at radius 3 is 2.77 bits per heavy atom. The first-order valence-corrected chi connectivity index (χ1v) is 8.36. The van der Waals surface area contributed by atoms with Gasteiger partial charge in [0.2, 0.25) is 5.95 Å². The lowest BCUT2D eigenvalue weighted by Gasteiger charge is -2.12. The number of hydrogen-bond donors (Lipinski definition) is 2. The van der Waals surface area contributed by atoms with Gasteiger partial charge in [0, 0.05) is 6.04 Å². The van der Waals surface area contributed by atoms with Gasteiger partial charge in [0.05, 0.1) is 28.5 Å². The van der Waals surface area contributed by atoms with Crippen molar-refractivity contribution in [1.82, 2.24) is 19.6 Å². The molecule has 0 radical (unpaired) electrons. The van der Waals surface area contributed by atoms with E-state index in [9.17, 15) is 5.26 Å². The Labute approximate surface area is 154 Å². The lowest BCUT2D eigenvalue weighted by atomic mass is 10.1. The lowest BCUT2D eigenvalue weighted by Crippen LogP contribution is -2.11. The summed E-state index contributed by atoms with van der Waals surface area (Å²) in [4.78, 5) is 8.72. The average Bonchev–Trinajstić information content (AvgIpc) is 3.35. The van der Waals surface area contributed by atoms with Crippen LogP contribution in [0.5, 0.6) is 0 Å². The zero-order valence-electron chi connectivity index (χ0n) is 13.8. The molecule has 0 spiro atoms. The van der Waals surface area contributed by atoms with Crippen LogP contribution in [0.4, 0.5) is 17.5 Å². The summed E-state index contributed by atoms with van der Waals surface area (Å²) in [5.41, 5.74) is 2.57. The summed E-state index contributed by atoms with van der Waals surface area (Å²) < 4.78 is 1.44. The van der Waals surface area contributed by atoms with Crippen LogP contribution in [-0.4, -0.2) is 25.6 Å². The zero-order chi connectivity index (χ0) is 18.3. The van der Waals surface area contributed by atoms with Gasteiger partial charge in [-0.15, -0.1) is 5.10 Å². The van der Waals surface area contributed by atoms with Crippen LogP contribution in [0.1, 0.15) is 29.7 Å². The smallest absolute Gasteiger partial charge is 0.247 e. The fraction of sp³-hybridized carbons (Fsp3) is 0.235. The van der Waals surface area contributed by atoms with E-state index in [1.807, 2.05) is 6.92 Å². The van der Waals surface area contributed by atoms with Crippen LogP contribution in [0.15, 0.2) is 18.3 Å². The molecule has 2 heterocycles. The summed E-state index contributed by atoms with van der Waals surface area (Å²) in [6.45, 7) is 1.82. The van der Waals surface area contributed by atoms with Gasteiger partial charge in [-0.3, -0.25) is 0 Å². The van der Waals surface area contributed by atoms with Gasteiger partial charge in [0.25, 0.3) is 0 Å². The molecule has 1 fully saturated rings. The number of aromatic nitrogens is 4. The van der Waals surface area contributed by atoms with E-state index in [4.69, 9.17) is 16.9 Å². The molecule has 3 aromatic rings. The molecule has 0 atom stereocenters. The molecule has 4 rings (SSSR count). The Morgan fingerprint density at radius 1 is 1.27 bits per heavy atom. The second kappa shape index (κ2) is 6.17. The number of aryl methyl sites for hydroxylation is 1. The minimum absolute atomic E-state index is 0.256. The van der Waals surface area contributed by atoms with Crippen molar-refractivity contribution in [3.63, 3.8) is 0 Å². The number of nitriles is 2. The zero-order valence-corrected chi connectivity index (χ0v) is 14.5. The van der Waals surface area contributed by atoms with Gasteiger partial charge >= 0.3 is 0 Å². The van der Waals surface area contributed by atoms with E-state index in [0.29, 0.717) is 39.5 Å². The molecular weight excluding hydrogens is 352 g/mol. The maximum atomic E-state index is 9.27. The molecule has 0 bridgehead atoms. The van der Waals surface area contributed by atoms with Crippen molar-refractivity contribution in [1.29, 1.82) is 10.5 Å². The Kier molecular flexibility index (Phi) is 3.83. The van der Waals surface area contributed by atoms with Gasteiger partial charge in [-0.2, -0.15) is 20.0 Å². The Bertz CT molecular complexity index is 1100. The molecule has 8 nitrogen and oxygen atoms in total. The maximum absolute atomic E-state index is 9.27. The highest BCUT2D eigenvalue weighted by Crippen LogP contribution is 2.30. The van der Waals surface area contributed by atoms with Crippen molar-refractivity contribution in [3.8, 4) is 12.1 Å². The third-order valence-corrected chi connectivity index (χ3v) is 4.53. The number of rotatable bonds is 4. The highest BCUT2D eigenvalue weighted by molar-refractivity contribution is 6.34. The van der Waals surface area contributed by atoms with Crippen molar-refractivity contribution in [2.24, 2.45) is 0 Å². The van der Waals surface area contributed by atoms with E-state index >= 15 is 0 Å². The van der Waals surface area contributed by atoms with Gasteiger partial charge in [0.15, 0.2) is 17.2 Å². The first kappa shape index (κ1) is 16.1. The molecule has 2 aromatic heterocycles. The summed E-state index contributed by atoms with van der Waals surface area (Å²) in [5, 5.41) is 29.6. The largest absolute Gasteiger partial charge is 0.364 e. The van der Waals surface area contributed by atoms with Crippen LogP contribution in [0, 0.1) is 29.6 Å². The van der Waals surface area contributed by atoms with Crippen molar-refractivity contribution in [2.45, 2.75) is 25.8 Å².